The molecule has 0 aliphatic carbocycles. The largest absolute Gasteiger partial charge is 0.494 e. The van der Waals surface area contributed by atoms with Crippen molar-refractivity contribution in [3.05, 3.63) is 166 Å². The van der Waals surface area contributed by atoms with E-state index in [1.54, 1.807) is 12.1 Å². The Kier molecular flexibility index (Phi) is 11.1. The zero-order valence-corrected chi connectivity index (χ0v) is 28.3. The average Bonchev–Trinajstić information content (AvgIpc) is 3.54. The monoisotopic (exact) mass is 690 g/mol. The Morgan fingerprint density at radius 2 is 1.51 bits per heavy atom. The summed E-state index contributed by atoms with van der Waals surface area (Å²) in [7, 11) is 0. The molecule has 2 atom stereocenters. The van der Waals surface area contributed by atoms with Crippen LogP contribution in [0.15, 0.2) is 138 Å². The van der Waals surface area contributed by atoms with Crippen LogP contribution in [0.25, 0.3) is 17.2 Å². The van der Waals surface area contributed by atoms with Crippen molar-refractivity contribution in [2.75, 3.05) is 13.2 Å². The van der Waals surface area contributed by atoms with Gasteiger partial charge in [-0.05, 0) is 64.2 Å². The van der Waals surface area contributed by atoms with Crippen molar-refractivity contribution < 1.29 is 19.4 Å². The van der Waals surface area contributed by atoms with Crippen molar-refractivity contribution in [1.82, 2.24) is 5.32 Å². The SMILES string of the molecule is O=C(NCc1ccc(Cl)c(Cl)c1)[C@]1(C/C=C/c2ccccc2)N=C(c2ccc(OCCCO)cc2)O[C@@H]1c1ccc(-c2ccccc2)cc1. The predicted octanol–water partition coefficient (Wildman–Crippen LogP) is 9.10. The standard InChI is InChI=1S/C41H36Cl2N2O4/c42-36-23-14-30(27-37(36)43)28-44-40(47)41(24-7-11-29-9-3-1-4-10-29)38(33-17-15-32(16-18-33)31-12-5-2-6-13-31)49-39(45-41)34-19-21-35(22-20-34)48-26-8-25-46/h1-7,9-23,27,38,46H,8,24-26,28H2,(H,44,47)/b11-7+/t38-,41-/m1/s1. The highest BCUT2D eigenvalue weighted by Gasteiger charge is 2.52. The fraction of sp³-hybridized carbons (Fsp3) is 0.171. The van der Waals surface area contributed by atoms with E-state index in [2.05, 4.69) is 17.4 Å². The molecule has 0 unspecified atom stereocenters. The number of nitrogens with zero attached hydrogens (tertiary/aromatic N) is 1. The van der Waals surface area contributed by atoms with E-state index in [4.69, 9.17) is 42.8 Å². The second-order valence-electron chi connectivity index (χ2n) is 11.7. The Labute approximate surface area is 296 Å². The number of aliphatic imine (C=N–C) groups is 1. The van der Waals surface area contributed by atoms with Crippen molar-refractivity contribution in [1.29, 1.82) is 0 Å². The van der Waals surface area contributed by atoms with Crippen LogP contribution in [-0.4, -0.2) is 35.7 Å². The number of hydrogen-bond acceptors (Lipinski definition) is 5. The number of halogens is 2. The molecule has 6 rings (SSSR count). The summed E-state index contributed by atoms with van der Waals surface area (Å²) in [6.07, 6.45) is 4.05. The molecular weight excluding hydrogens is 655 g/mol. The van der Waals surface area contributed by atoms with E-state index in [0.717, 1.165) is 27.8 Å². The molecule has 49 heavy (non-hydrogen) atoms. The molecule has 248 valence electrons. The molecule has 0 spiro atoms. The molecule has 0 radical (unpaired) electrons. The van der Waals surface area contributed by atoms with Crippen LogP contribution in [-0.2, 0) is 16.1 Å². The first kappa shape index (κ1) is 34.0. The Hall–Kier alpha value is -4.88. The van der Waals surface area contributed by atoms with Gasteiger partial charge in [-0.15, -0.1) is 0 Å². The van der Waals surface area contributed by atoms with Gasteiger partial charge in [0.15, 0.2) is 11.6 Å². The normalized spacial score (nSPS) is 17.0. The molecule has 0 saturated heterocycles. The minimum atomic E-state index is -1.35. The first-order valence-electron chi connectivity index (χ1n) is 16.1. The summed E-state index contributed by atoms with van der Waals surface area (Å²) in [4.78, 5) is 19.7. The molecule has 0 fully saturated rings. The molecule has 0 aromatic heterocycles. The topological polar surface area (TPSA) is 80.2 Å². The number of amides is 1. The number of hydrogen-bond donors (Lipinski definition) is 2. The van der Waals surface area contributed by atoms with E-state index in [1.165, 1.54) is 0 Å². The van der Waals surface area contributed by atoms with E-state index in [-0.39, 0.29) is 25.5 Å². The molecule has 5 aromatic rings. The lowest BCUT2D eigenvalue weighted by molar-refractivity contribution is -0.129. The molecular formula is C41H36Cl2N2O4. The van der Waals surface area contributed by atoms with Gasteiger partial charge in [-0.3, -0.25) is 4.79 Å². The minimum Gasteiger partial charge on any atom is -0.494 e. The van der Waals surface area contributed by atoms with Crippen LogP contribution in [0.1, 0.15) is 41.2 Å². The summed E-state index contributed by atoms with van der Waals surface area (Å²) in [5, 5.41) is 13.1. The lowest BCUT2D eigenvalue weighted by atomic mass is 9.83. The van der Waals surface area contributed by atoms with Gasteiger partial charge in [-0.2, -0.15) is 0 Å². The van der Waals surface area contributed by atoms with E-state index in [9.17, 15) is 4.79 Å². The van der Waals surface area contributed by atoms with Crippen molar-refractivity contribution in [3.8, 4) is 16.9 Å². The third-order valence-electron chi connectivity index (χ3n) is 8.33. The second-order valence-corrected chi connectivity index (χ2v) is 12.5. The van der Waals surface area contributed by atoms with Crippen LogP contribution in [0.2, 0.25) is 10.0 Å². The summed E-state index contributed by atoms with van der Waals surface area (Å²) in [6, 6.07) is 40.9. The molecule has 2 N–H and O–H groups in total. The van der Waals surface area contributed by atoms with E-state index < -0.39 is 11.6 Å². The highest BCUT2D eigenvalue weighted by atomic mass is 35.5. The fourth-order valence-electron chi connectivity index (χ4n) is 5.72. The van der Waals surface area contributed by atoms with Crippen molar-refractivity contribution in [2.24, 2.45) is 4.99 Å². The third-order valence-corrected chi connectivity index (χ3v) is 9.07. The van der Waals surface area contributed by atoms with Crippen LogP contribution in [0.4, 0.5) is 0 Å². The van der Waals surface area contributed by atoms with Gasteiger partial charge < -0.3 is 19.9 Å². The lowest BCUT2D eigenvalue weighted by Gasteiger charge is -2.30. The van der Waals surface area contributed by atoms with Crippen molar-refractivity contribution in [3.63, 3.8) is 0 Å². The van der Waals surface area contributed by atoms with Crippen molar-refractivity contribution >= 4 is 41.1 Å². The molecule has 1 aliphatic heterocycles. The van der Waals surface area contributed by atoms with Gasteiger partial charge in [-0.1, -0.05) is 126 Å². The Bertz CT molecular complexity index is 1910. The zero-order valence-electron chi connectivity index (χ0n) is 26.8. The van der Waals surface area contributed by atoms with E-state index >= 15 is 0 Å². The Balaban J connectivity index is 1.38. The van der Waals surface area contributed by atoms with E-state index in [1.807, 2.05) is 115 Å². The minimum absolute atomic E-state index is 0.0599. The summed E-state index contributed by atoms with van der Waals surface area (Å²) in [5.74, 6) is 0.740. The van der Waals surface area contributed by atoms with Crippen LogP contribution in [0.5, 0.6) is 5.75 Å². The number of carbonyl (C=O) groups is 1. The quantitative estimate of drug-likeness (QED) is 0.121. The van der Waals surface area contributed by atoms with Crippen LogP contribution < -0.4 is 10.1 Å². The first-order valence-corrected chi connectivity index (χ1v) is 16.9. The van der Waals surface area contributed by atoms with Gasteiger partial charge in [-0.25, -0.2) is 4.99 Å². The highest BCUT2D eigenvalue weighted by molar-refractivity contribution is 6.42. The number of ether oxygens (including phenoxy) is 2. The van der Waals surface area contributed by atoms with Crippen LogP contribution >= 0.6 is 23.2 Å². The Morgan fingerprint density at radius 3 is 2.20 bits per heavy atom. The van der Waals surface area contributed by atoms with Gasteiger partial charge in [0.05, 0.1) is 16.7 Å². The maximum atomic E-state index is 14.6. The Morgan fingerprint density at radius 1 is 0.837 bits per heavy atom. The summed E-state index contributed by atoms with van der Waals surface area (Å²) < 4.78 is 12.4. The van der Waals surface area contributed by atoms with Crippen molar-refractivity contribution in [2.45, 2.75) is 31.0 Å². The van der Waals surface area contributed by atoms with Crippen LogP contribution in [0.3, 0.4) is 0 Å². The van der Waals surface area contributed by atoms with Crippen LogP contribution in [0, 0.1) is 0 Å². The fourth-order valence-corrected chi connectivity index (χ4v) is 6.04. The number of nitrogens with one attached hydrogen (secondary N) is 1. The molecule has 0 bridgehead atoms. The predicted molar refractivity (Wildman–Crippen MR) is 197 cm³/mol. The number of aliphatic hydroxyl groups is 1. The van der Waals surface area contributed by atoms with E-state index in [0.29, 0.717) is 40.3 Å². The third kappa shape index (κ3) is 8.23. The molecule has 6 nitrogen and oxygen atoms in total. The molecule has 5 aromatic carbocycles. The first-order chi connectivity index (χ1) is 23.9. The summed E-state index contributed by atoms with van der Waals surface area (Å²) >= 11 is 12.4. The maximum Gasteiger partial charge on any atom is 0.252 e. The number of carbonyl (C=O) groups excluding carboxylic acids is 1. The molecule has 1 heterocycles. The van der Waals surface area contributed by atoms with Gasteiger partial charge in [0.1, 0.15) is 5.75 Å². The average molecular weight is 692 g/mol. The second kappa shape index (κ2) is 16.0. The molecule has 0 saturated carbocycles. The highest BCUT2D eigenvalue weighted by Crippen LogP contribution is 2.43. The summed E-state index contributed by atoms with van der Waals surface area (Å²) in [5.41, 5.74) is 4.15. The summed E-state index contributed by atoms with van der Waals surface area (Å²) in [6.45, 7) is 0.693. The molecule has 8 heteroatoms. The molecule has 1 aliphatic rings. The number of rotatable bonds is 13. The van der Waals surface area contributed by atoms with Gasteiger partial charge >= 0.3 is 0 Å². The molecule has 1 amide bonds. The number of aliphatic hydroxyl groups excluding tert-OH is 1. The maximum absolute atomic E-state index is 14.6. The van der Waals surface area contributed by atoms with Gasteiger partial charge in [0.25, 0.3) is 5.91 Å². The van der Waals surface area contributed by atoms with Gasteiger partial charge in [0.2, 0.25) is 5.90 Å². The lowest BCUT2D eigenvalue weighted by Crippen LogP contribution is -2.47. The van der Waals surface area contributed by atoms with Gasteiger partial charge in [0, 0.05) is 31.6 Å². The zero-order chi connectivity index (χ0) is 34.1. The smallest absolute Gasteiger partial charge is 0.252 e. The number of benzene rings is 5.